The summed E-state index contributed by atoms with van der Waals surface area (Å²) in [4.78, 5) is 52.1. The molecule has 17 nitrogen and oxygen atoms in total. The third-order valence-electron chi connectivity index (χ3n) is 10.4. The maximum atomic E-state index is 13.8. The van der Waals surface area contributed by atoms with Crippen molar-refractivity contribution in [2.24, 2.45) is 0 Å². The number of H-pyrrole nitrogens is 1. The molecule has 378 valence electrons. The Labute approximate surface area is 412 Å². The maximum Gasteiger partial charge on any atom is 0.335 e. The average molecular weight is 988 g/mol. The molecule has 18 heteroatoms. The highest BCUT2D eigenvalue weighted by Gasteiger charge is 2.21. The maximum absolute atomic E-state index is 13.8. The second-order valence-corrected chi connectivity index (χ2v) is 16.8. The Morgan fingerprint density at radius 2 is 1.01 bits per heavy atom. The first-order valence-corrected chi connectivity index (χ1v) is 24.6. The number of benzene rings is 4. The number of carbonyl (C=O) groups is 4. The van der Waals surface area contributed by atoms with Gasteiger partial charge in [-0.1, -0.05) is 54.6 Å². The predicted molar refractivity (Wildman–Crippen MR) is 267 cm³/mol. The van der Waals surface area contributed by atoms with Crippen LogP contribution in [0.5, 0.6) is 0 Å². The highest BCUT2D eigenvalue weighted by atomic mass is 32.2. The van der Waals surface area contributed by atoms with Crippen LogP contribution < -0.4 is 10.6 Å². The van der Waals surface area contributed by atoms with Crippen molar-refractivity contribution in [3.05, 3.63) is 130 Å². The Morgan fingerprint density at radius 3 is 1.56 bits per heavy atom. The summed E-state index contributed by atoms with van der Waals surface area (Å²) in [5, 5.41) is 24.3. The molecule has 0 saturated heterocycles. The van der Waals surface area contributed by atoms with Gasteiger partial charge in [0.2, 0.25) is 0 Å². The second kappa shape index (κ2) is 33.0. The number of aromatic amines is 1. The minimum absolute atomic E-state index is 0.0156. The van der Waals surface area contributed by atoms with Gasteiger partial charge >= 0.3 is 11.9 Å². The molecule has 0 fully saturated rings. The van der Waals surface area contributed by atoms with E-state index in [4.69, 9.17) is 48.1 Å². The lowest BCUT2D eigenvalue weighted by molar-refractivity contribution is -0.138. The molecule has 0 atom stereocenters. The zero-order chi connectivity index (χ0) is 49.4. The van der Waals surface area contributed by atoms with E-state index in [0.717, 1.165) is 47.2 Å². The number of aliphatic carboxylic acids is 1. The van der Waals surface area contributed by atoms with Gasteiger partial charge in [-0.15, -0.1) is 0 Å². The smallest absolute Gasteiger partial charge is 0.335 e. The van der Waals surface area contributed by atoms with E-state index in [2.05, 4.69) is 15.6 Å². The molecule has 0 aliphatic rings. The quantitative estimate of drug-likeness (QED) is 0.0243. The Morgan fingerprint density at radius 1 is 0.500 bits per heavy atom. The minimum atomic E-state index is -0.937. The van der Waals surface area contributed by atoms with E-state index >= 15 is 0 Å². The van der Waals surface area contributed by atoms with Gasteiger partial charge < -0.3 is 63.7 Å². The molecule has 5 rings (SSSR count). The van der Waals surface area contributed by atoms with Crippen molar-refractivity contribution >= 4 is 57.9 Å². The Balaban J connectivity index is 0.878. The van der Waals surface area contributed by atoms with Crippen LogP contribution in [0.4, 0.5) is 11.5 Å². The number of aromatic nitrogens is 1. The van der Waals surface area contributed by atoms with Crippen LogP contribution in [0.1, 0.15) is 60.6 Å². The van der Waals surface area contributed by atoms with Crippen molar-refractivity contribution in [1.82, 2.24) is 4.98 Å². The summed E-state index contributed by atoms with van der Waals surface area (Å²) in [6, 6.07) is 29.5. The molecule has 5 aromatic rings. The van der Waals surface area contributed by atoms with Gasteiger partial charge in [0.05, 0.1) is 123 Å². The van der Waals surface area contributed by atoms with E-state index in [1.165, 1.54) is 0 Å². The van der Waals surface area contributed by atoms with Gasteiger partial charge in [-0.05, 0) is 78.4 Å². The summed E-state index contributed by atoms with van der Waals surface area (Å²) in [6.45, 7) is 6.95. The van der Waals surface area contributed by atoms with Crippen molar-refractivity contribution < 1.29 is 67.3 Å². The fourth-order valence-electron chi connectivity index (χ4n) is 6.83. The fourth-order valence-corrected chi connectivity index (χ4v) is 7.62. The first kappa shape index (κ1) is 55.3. The molecule has 0 spiro atoms. The molecule has 1 aromatic heterocycles. The van der Waals surface area contributed by atoms with Gasteiger partial charge in [-0.3, -0.25) is 14.4 Å². The first-order chi connectivity index (χ1) is 34.3. The van der Waals surface area contributed by atoms with Crippen LogP contribution in [-0.2, 0) is 61.3 Å². The summed E-state index contributed by atoms with van der Waals surface area (Å²) >= 11 is 1.70. The number of amides is 2. The highest BCUT2D eigenvalue weighted by molar-refractivity contribution is 7.98. The molecule has 0 bridgehead atoms. The topological polar surface area (TPSA) is 222 Å². The molecular weight excluding hydrogens is 923 g/mol. The van der Waals surface area contributed by atoms with E-state index in [-0.39, 0.29) is 30.4 Å². The van der Waals surface area contributed by atoms with Gasteiger partial charge in [0.15, 0.2) is 0 Å². The number of hydrogen-bond donors (Lipinski definition) is 5. The average Bonchev–Trinajstić information content (AvgIpc) is 3.73. The number of ether oxygens (including phenoxy) is 8. The fraction of sp³-hybridized carbons (Fsp3) is 0.423. The molecule has 4 aromatic carbocycles. The van der Waals surface area contributed by atoms with Crippen LogP contribution >= 0.6 is 11.8 Å². The predicted octanol–water partition coefficient (Wildman–Crippen LogP) is 7.39. The lowest BCUT2D eigenvalue weighted by Crippen LogP contribution is -2.18. The van der Waals surface area contributed by atoms with E-state index in [1.807, 2.05) is 78.9 Å². The van der Waals surface area contributed by atoms with Crippen LogP contribution in [0.25, 0.3) is 10.9 Å². The first-order valence-electron chi connectivity index (χ1n) is 23.4. The molecule has 2 amide bonds. The molecule has 70 heavy (non-hydrogen) atoms. The van der Waals surface area contributed by atoms with E-state index in [9.17, 15) is 19.2 Å². The largest absolute Gasteiger partial charge is 0.481 e. The zero-order valence-corrected chi connectivity index (χ0v) is 40.3. The van der Waals surface area contributed by atoms with E-state index in [0.29, 0.717) is 133 Å². The molecule has 0 aliphatic heterocycles. The van der Waals surface area contributed by atoms with Gasteiger partial charge in [0, 0.05) is 33.7 Å². The number of aromatic carboxylic acids is 1. The lowest BCUT2D eigenvalue weighted by Gasteiger charge is -2.10. The lowest BCUT2D eigenvalue weighted by atomic mass is 10.0. The molecule has 5 N–H and O–H groups in total. The van der Waals surface area contributed by atoms with Crippen molar-refractivity contribution in [3.8, 4) is 0 Å². The van der Waals surface area contributed by atoms with E-state index in [1.54, 1.807) is 30.0 Å². The van der Waals surface area contributed by atoms with E-state index < -0.39 is 11.9 Å². The summed E-state index contributed by atoms with van der Waals surface area (Å²) in [5.41, 5.74) is 5.62. The van der Waals surface area contributed by atoms with Gasteiger partial charge in [0.25, 0.3) is 11.8 Å². The number of aryl methyl sites for hydroxylation is 2. The van der Waals surface area contributed by atoms with Crippen molar-refractivity contribution in [3.63, 3.8) is 0 Å². The number of carboxylic acids is 2. The number of nitrogens with one attached hydrogen (secondary N) is 3. The molecule has 0 radical (unpaired) electrons. The molecule has 0 unspecified atom stereocenters. The summed E-state index contributed by atoms with van der Waals surface area (Å²) in [5.74, 6) is -0.736. The zero-order valence-electron chi connectivity index (χ0n) is 39.5. The van der Waals surface area contributed by atoms with Crippen LogP contribution in [0.3, 0.4) is 0 Å². The standard InChI is InChI=1S/C52H65N3O14S/c56-47(57)19-20-62-21-22-63-23-24-64-25-26-65-27-28-66-29-30-67-31-32-68-33-34-69-35-36-70-38-41-7-4-8-43(37-41)50(58)55-49-48(45-9-1-2-10-46(45)54-49)51(59)53-44-17-13-40(14-18-44)6-3-5-39-11-15-42(16-12-39)52(60)61/h1-2,4,7-18,37,54H,3,5-6,19-36,38H2,(H,53,59)(H,55,58)(H,56,57)(H,60,61). The van der Waals surface area contributed by atoms with Gasteiger partial charge in [-0.25, -0.2) is 4.79 Å². The number of anilines is 2. The van der Waals surface area contributed by atoms with Crippen molar-refractivity contribution in [1.29, 1.82) is 0 Å². The number of para-hydroxylation sites is 1. The highest BCUT2D eigenvalue weighted by Crippen LogP contribution is 2.28. The molecule has 0 saturated carbocycles. The third kappa shape index (κ3) is 21.5. The van der Waals surface area contributed by atoms with Crippen LogP contribution in [-0.4, -0.2) is 150 Å². The normalized spacial score (nSPS) is 11.3. The number of carboxylic acid groups (broad SMARTS) is 2. The van der Waals surface area contributed by atoms with Gasteiger partial charge in [-0.2, -0.15) is 11.8 Å². The second-order valence-electron chi connectivity index (χ2n) is 15.7. The van der Waals surface area contributed by atoms with Crippen LogP contribution in [0, 0.1) is 0 Å². The van der Waals surface area contributed by atoms with Crippen molar-refractivity contribution in [2.45, 2.75) is 31.4 Å². The number of thioether (sulfide) groups is 1. The van der Waals surface area contributed by atoms with Crippen LogP contribution in [0.2, 0.25) is 0 Å². The number of fused-ring (bicyclic) bond motifs is 1. The number of rotatable bonds is 38. The molecule has 1 heterocycles. The Hall–Kier alpha value is -5.67. The Kier molecular flexibility index (Phi) is 26.1. The third-order valence-corrected chi connectivity index (χ3v) is 11.4. The number of hydrogen-bond acceptors (Lipinski definition) is 13. The summed E-state index contributed by atoms with van der Waals surface area (Å²) in [6.07, 6.45) is 2.52. The minimum Gasteiger partial charge on any atom is -0.481 e. The Bertz CT molecular complexity index is 2310. The SMILES string of the molecule is O=C(O)CCOCCOCCOCCOCCOCCOCCOCCOCCSCc1cccc(C(=O)Nc2[nH]c3ccccc3c2C(=O)Nc2ccc(CCCc3ccc(C(=O)O)cc3)cc2)c1. The monoisotopic (exact) mass is 987 g/mol. The molecular formula is C52H65N3O14S. The number of carbonyl (C=O) groups excluding carboxylic acids is 2. The summed E-state index contributed by atoms with van der Waals surface area (Å²) in [7, 11) is 0. The van der Waals surface area contributed by atoms with Crippen LogP contribution in [0.15, 0.2) is 97.1 Å². The molecule has 0 aliphatic carbocycles. The summed E-state index contributed by atoms with van der Waals surface area (Å²) < 4.78 is 43.7. The van der Waals surface area contributed by atoms with Gasteiger partial charge in [0.1, 0.15) is 5.82 Å². The van der Waals surface area contributed by atoms with Crippen molar-refractivity contribution in [2.75, 3.05) is 122 Å².